The van der Waals surface area contributed by atoms with Gasteiger partial charge in [0.05, 0.1) is 18.8 Å². The molecule has 0 aliphatic rings. The highest BCUT2D eigenvalue weighted by molar-refractivity contribution is 5.39. The van der Waals surface area contributed by atoms with Crippen molar-refractivity contribution in [2.45, 2.75) is 38.4 Å². The van der Waals surface area contributed by atoms with Crippen molar-refractivity contribution >= 4 is 0 Å². The normalized spacial score (nSPS) is 13.3. The lowest BCUT2D eigenvalue weighted by molar-refractivity contribution is -0.139. The largest absolute Gasteiger partial charge is 0.493 e. The minimum Gasteiger partial charge on any atom is -0.493 e. The maximum atomic E-state index is 13.0. The Hall–Kier alpha value is -1.30. The van der Waals surface area contributed by atoms with Gasteiger partial charge in [-0.2, -0.15) is 13.2 Å². The van der Waals surface area contributed by atoms with Gasteiger partial charge in [0.2, 0.25) is 0 Å². The molecular weight excluding hydrogens is 274 g/mol. The first-order chi connectivity index (χ1) is 9.38. The van der Waals surface area contributed by atoms with Gasteiger partial charge in [-0.3, -0.25) is 4.39 Å². The molecule has 114 valence electrons. The summed E-state index contributed by atoms with van der Waals surface area (Å²) >= 11 is 0. The van der Waals surface area contributed by atoms with Crippen LogP contribution in [-0.2, 0) is 12.6 Å². The molecule has 1 aromatic rings. The summed E-state index contributed by atoms with van der Waals surface area (Å²) in [4.78, 5) is 0. The summed E-state index contributed by atoms with van der Waals surface area (Å²) < 4.78 is 55.9. The molecule has 1 atom stereocenters. The summed E-state index contributed by atoms with van der Waals surface area (Å²) in [5, 5.41) is 0. The summed E-state index contributed by atoms with van der Waals surface area (Å²) in [7, 11) is 0. The Bertz CT molecular complexity index is 420. The zero-order chi connectivity index (χ0) is 15.2. The fourth-order valence-electron chi connectivity index (χ4n) is 1.74. The van der Waals surface area contributed by atoms with Crippen LogP contribution in [0.1, 0.15) is 30.9 Å². The third-order valence-corrected chi connectivity index (χ3v) is 2.91. The van der Waals surface area contributed by atoms with Crippen molar-refractivity contribution in [3.05, 3.63) is 29.3 Å². The highest BCUT2D eigenvalue weighted by Gasteiger charge is 2.34. The summed E-state index contributed by atoms with van der Waals surface area (Å²) in [5.41, 5.74) is 5.43. The van der Waals surface area contributed by atoms with Gasteiger partial charge >= 0.3 is 6.18 Å². The molecule has 1 rings (SSSR count). The van der Waals surface area contributed by atoms with Crippen LogP contribution in [-0.4, -0.2) is 19.3 Å². The maximum Gasteiger partial charge on any atom is 0.419 e. The number of ether oxygens (including phenoxy) is 1. The number of hydrogen-bond donors (Lipinski definition) is 1. The average Bonchev–Trinajstić information content (AvgIpc) is 2.39. The molecule has 0 aliphatic carbocycles. The number of alkyl halides is 4. The molecule has 0 spiro atoms. The van der Waals surface area contributed by atoms with Gasteiger partial charge in [-0.1, -0.05) is 13.0 Å². The molecule has 2 N–H and O–H groups in total. The fraction of sp³-hybridized carbons (Fsp3) is 0.571. The summed E-state index contributed by atoms with van der Waals surface area (Å²) in [6, 6.07) is 3.73. The molecule has 2 nitrogen and oxygen atoms in total. The maximum absolute atomic E-state index is 13.0. The Morgan fingerprint density at radius 2 is 2.00 bits per heavy atom. The quantitative estimate of drug-likeness (QED) is 0.614. The van der Waals surface area contributed by atoms with E-state index in [4.69, 9.17) is 10.5 Å². The molecule has 0 aromatic heterocycles. The Kier molecular flexibility index (Phi) is 6.26. The third-order valence-electron chi connectivity index (χ3n) is 2.91. The fourth-order valence-corrected chi connectivity index (χ4v) is 1.74. The SMILES string of the molecule is CCC(N)Cc1ccc(OCCCF)c(C(F)(F)F)c1. The smallest absolute Gasteiger partial charge is 0.419 e. The number of rotatable bonds is 7. The van der Waals surface area contributed by atoms with E-state index in [1.54, 1.807) is 6.07 Å². The van der Waals surface area contributed by atoms with Gasteiger partial charge in [0.25, 0.3) is 0 Å². The van der Waals surface area contributed by atoms with Crippen LogP contribution in [0.4, 0.5) is 17.6 Å². The monoisotopic (exact) mass is 293 g/mol. The highest BCUT2D eigenvalue weighted by atomic mass is 19.4. The van der Waals surface area contributed by atoms with E-state index in [1.807, 2.05) is 6.92 Å². The first-order valence-electron chi connectivity index (χ1n) is 6.53. The molecule has 0 radical (unpaired) electrons. The predicted molar refractivity (Wildman–Crippen MR) is 69.5 cm³/mol. The van der Waals surface area contributed by atoms with E-state index in [0.717, 1.165) is 6.07 Å². The zero-order valence-electron chi connectivity index (χ0n) is 11.3. The van der Waals surface area contributed by atoms with Crippen LogP contribution in [0, 0.1) is 0 Å². The van der Waals surface area contributed by atoms with Gasteiger partial charge in [-0.25, -0.2) is 0 Å². The third kappa shape index (κ3) is 5.00. The number of hydrogen-bond acceptors (Lipinski definition) is 2. The highest BCUT2D eigenvalue weighted by Crippen LogP contribution is 2.37. The van der Waals surface area contributed by atoms with Gasteiger partial charge < -0.3 is 10.5 Å². The molecular formula is C14H19F4NO. The second kappa shape index (κ2) is 7.47. The minimum absolute atomic E-state index is 0.0692. The Labute approximate surface area is 115 Å². The first-order valence-corrected chi connectivity index (χ1v) is 6.53. The van der Waals surface area contributed by atoms with Crippen molar-refractivity contribution in [1.29, 1.82) is 0 Å². The average molecular weight is 293 g/mol. The van der Waals surface area contributed by atoms with Gasteiger partial charge in [0, 0.05) is 12.5 Å². The summed E-state index contributed by atoms with van der Waals surface area (Å²) in [6.07, 6.45) is -3.36. The van der Waals surface area contributed by atoms with Crippen LogP contribution in [0.3, 0.4) is 0 Å². The van der Waals surface area contributed by atoms with E-state index in [-0.39, 0.29) is 24.8 Å². The second-order valence-corrected chi connectivity index (χ2v) is 4.59. The van der Waals surface area contributed by atoms with Crippen molar-refractivity contribution in [3.63, 3.8) is 0 Å². The molecule has 0 fully saturated rings. The molecule has 0 amide bonds. The number of nitrogens with two attached hydrogens (primary N) is 1. The van der Waals surface area contributed by atoms with E-state index in [0.29, 0.717) is 18.4 Å². The number of halogens is 4. The molecule has 20 heavy (non-hydrogen) atoms. The van der Waals surface area contributed by atoms with Gasteiger partial charge in [-0.15, -0.1) is 0 Å². The van der Waals surface area contributed by atoms with Crippen LogP contribution < -0.4 is 10.5 Å². The second-order valence-electron chi connectivity index (χ2n) is 4.59. The Morgan fingerprint density at radius 3 is 2.55 bits per heavy atom. The van der Waals surface area contributed by atoms with Crippen molar-refractivity contribution < 1.29 is 22.3 Å². The van der Waals surface area contributed by atoms with Gasteiger partial charge in [0.1, 0.15) is 5.75 Å². The molecule has 0 aliphatic heterocycles. The van der Waals surface area contributed by atoms with Crippen LogP contribution in [0.15, 0.2) is 18.2 Å². The van der Waals surface area contributed by atoms with Gasteiger partial charge in [0.15, 0.2) is 0 Å². The molecule has 6 heteroatoms. The first kappa shape index (κ1) is 16.8. The van der Waals surface area contributed by atoms with Crippen LogP contribution in [0.5, 0.6) is 5.75 Å². The van der Waals surface area contributed by atoms with E-state index < -0.39 is 18.4 Å². The predicted octanol–water partition coefficient (Wildman–Crippen LogP) is 3.72. The standard InChI is InChI=1S/C14H19F4NO/c1-2-11(19)8-10-4-5-13(20-7-3-6-15)12(9-10)14(16,17)18/h4-5,9,11H,2-3,6-8,19H2,1H3. The van der Waals surface area contributed by atoms with Crippen LogP contribution in [0.2, 0.25) is 0 Å². The van der Waals surface area contributed by atoms with E-state index in [1.165, 1.54) is 6.07 Å². The topological polar surface area (TPSA) is 35.2 Å². The van der Waals surface area contributed by atoms with E-state index in [9.17, 15) is 17.6 Å². The van der Waals surface area contributed by atoms with Crippen LogP contribution >= 0.6 is 0 Å². The summed E-state index contributed by atoms with van der Waals surface area (Å²) in [6.45, 7) is 1.18. The molecule has 1 aromatic carbocycles. The van der Waals surface area contributed by atoms with Crippen molar-refractivity contribution in [1.82, 2.24) is 0 Å². The molecule has 1 unspecified atom stereocenters. The van der Waals surface area contributed by atoms with E-state index in [2.05, 4.69) is 0 Å². The molecule has 0 saturated heterocycles. The minimum atomic E-state index is -4.50. The zero-order valence-corrected chi connectivity index (χ0v) is 11.3. The van der Waals surface area contributed by atoms with Crippen molar-refractivity contribution in [2.75, 3.05) is 13.3 Å². The summed E-state index contributed by atoms with van der Waals surface area (Å²) in [5.74, 6) is -0.264. The number of benzene rings is 1. The Morgan fingerprint density at radius 1 is 1.30 bits per heavy atom. The molecule has 0 bridgehead atoms. The van der Waals surface area contributed by atoms with E-state index >= 15 is 0 Å². The van der Waals surface area contributed by atoms with Gasteiger partial charge in [-0.05, 0) is 30.5 Å². The van der Waals surface area contributed by atoms with Crippen LogP contribution in [0.25, 0.3) is 0 Å². The molecule has 0 saturated carbocycles. The van der Waals surface area contributed by atoms with Crippen molar-refractivity contribution in [3.8, 4) is 5.75 Å². The lowest BCUT2D eigenvalue weighted by Crippen LogP contribution is -2.21. The van der Waals surface area contributed by atoms with Crippen molar-refractivity contribution in [2.24, 2.45) is 5.73 Å². The Balaban J connectivity index is 2.95. The lowest BCUT2D eigenvalue weighted by Gasteiger charge is -2.16. The lowest BCUT2D eigenvalue weighted by atomic mass is 10.0. The molecule has 0 heterocycles.